The number of methoxy groups -OCH3 is 1. The minimum atomic E-state index is -0.187. The van der Waals surface area contributed by atoms with Crippen LogP contribution in [0.4, 0.5) is 5.69 Å². The fourth-order valence-corrected chi connectivity index (χ4v) is 5.81. The van der Waals surface area contributed by atoms with Crippen LogP contribution in [0.1, 0.15) is 52.4 Å². The first-order chi connectivity index (χ1) is 14.6. The molecule has 0 spiro atoms. The number of ether oxygens (including phenoxy) is 1. The van der Waals surface area contributed by atoms with Crippen LogP contribution in [0.5, 0.6) is 0 Å². The van der Waals surface area contributed by atoms with Gasteiger partial charge in [0.2, 0.25) is 5.91 Å². The maximum Gasteiger partial charge on any atom is 0.310 e. The first kappa shape index (κ1) is 23.6. The second kappa shape index (κ2) is 11.0. The van der Waals surface area contributed by atoms with Crippen LogP contribution in [0.25, 0.3) is 0 Å². The largest absolute Gasteiger partial charge is 0.469 e. The number of nitrogens with one attached hydrogen (secondary N) is 2. The number of carbonyl (C=O) groups is 2. The number of esters is 1. The lowest BCUT2D eigenvalue weighted by atomic mass is 9.80. The lowest BCUT2D eigenvalue weighted by Gasteiger charge is -2.34. The number of para-hydroxylation sites is 1. The summed E-state index contributed by atoms with van der Waals surface area (Å²) in [5, 5.41) is 6.84. The summed E-state index contributed by atoms with van der Waals surface area (Å²) in [6.07, 6.45) is 7.64. The highest BCUT2D eigenvalue weighted by Crippen LogP contribution is 2.45. The van der Waals surface area contributed by atoms with Crippen molar-refractivity contribution >= 4 is 17.6 Å². The molecule has 2 N–H and O–H groups in total. The molecule has 1 heterocycles. The molecule has 0 radical (unpaired) electrons. The monoisotopic (exact) mass is 429 g/mol. The number of rotatable bonds is 6. The molecule has 6 heteroatoms. The Labute approximate surface area is 187 Å². The van der Waals surface area contributed by atoms with Gasteiger partial charge in [0, 0.05) is 30.9 Å². The van der Waals surface area contributed by atoms with Gasteiger partial charge in [-0.05, 0) is 49.7 Å². The molecule has 1 aromatic carbocycles. The van der Waals surface area contributed by atoms with Crippen molar-refractivity contribution in [2.45, 2.75) is 64.5 Å². The van der Waals surface area contributed by atoms with Crippen molar-refractivity contribution in [3.63, 3.8) is 0 Å². The summed E-state index contributed by atoms with van der Waals surface area (Å²) >= 11 is 0. The van der Waals surface area contributed by atoms with Crippen molar-refractivity contribution in [3.8, 4) is 0 Å². The quantitative estimate of drug-likeness (QED) is 0.675. The molecule has 3 fully saturated rings. The number of carbonyl (C=O) groups excluding carboxylic acids is 2. The van der Waals surface area contributed by atoms with Gasteiger partial charge in [-0.3, -0.25) is 14.5 Å². The minimum Gasteiger partial charge on any atom is -0.469 e. The Balaban J connectivity index is 0.00000272. The van der Waals surface area contributed by atoms with Gasteiger partial charge in [-0.1, -0.05) is 44.9 Å². The number of hydrogen-bond donors (Lipinski definition) is 2. The third kappa shape index (κ3) is 5.79. The fourth-order valence-electron chi connectivity index (χ4n) is 5.81. The molecule has 1 aromatic rings. The zero-order chi connectivity index (χ0) is 20.9. The van der Waals surface area contributed by atoms with Crippen LogP contribution in [0.15, 0.2) is 30.3 Å². The maximum atomic E-state index is 12.9. The van der Waals surface area contributed by atoms with Gasteiger partial charge in [-0.25, -0.2) is 0 Å². The molecule has 3 aliphatic rings. The normalized spacial score (nSPS) is 28.8. The van der Waals surface area contributed by atoms with Gasteiger partial charge in [-0.15, -0.1) is 0 Å². The van der Waals surface area contributed by atoms with Gasteiger partial charge >= 0.3 is 5.97 Å². The second-order valence-corrected chi connectivity index (χ2v) is 9.23. The van der Waals surface area contributed by atoms with E-state index in [2.05, 4.69) is 27.7 Å². The van der Waals surface area contributed by atoms with E-state index in [9.17, 15) is 9.59 Å². The van der Waals surface area contributed by atoms with E-state index < -0.39 is 0 Å². The van der Waals surface area contributed by atoms with Crippen molar-refractivity contribution in [2.24, 2.45) is 17.8 Å². The van der Waals surface area contributed by atoms with Crippen LogP contribution in [0, 0.1) is 17.8 Å². The molecule has 0 bridgehead atoms. The van der Waals surface area contributed by atoms with Crippen molar-refractivity contribution < 1.29 is 14.3 Å². The van der Waals surface area contributed by atoms with Gasteiger partial charge in [0.1, 0.15) is 0 Å². The number of nitrogens with zero attached hydrogens (tertiary/aromatic N) is 1. The zero-order valence-corrected chi connectivity index (χ0v) is 18.0. The van der Waals surface area contributed by atoms with Crippen LogP contribution in [0.2, 0.25) is 0 Å². The third-order valence-electron chi connectivity index (χ3n) is 7.35. The number of anilines is 1. The second-order valence-electron chi connectivity index (χ2n) is 9.23. The van der Waals surface area contributed by atoms with Crippen molar-refractivity contribution in [3.05, 3.63) is 30.3 Å². The predicted octanol–water partition coefficient (Wildman–Crippen LogP) is 3.68. The number of hydrogen-bond acceptors (Lipinski definition) is 5. The van der Waals surface area contributed by atoms with Crippen molar-refractivity contribution in [2.75, 3.05) is 32.1 Å². The zero-order valence-electron chi connectivity index (χ0n) is 18.0. The van der Waals surface area contributed by atoms with Crippen molar-refractivity contribution in [1.82, 2.24) is 10.2 Å². The highest BCUT2D eigenvalue weighted by atomic mass is 16.5. The van der Waals surface area contributed by atoms with Crippen LogP contribution in [0.3, 0.4) is 0 Å². The Morgan fingerprint density at radius 2 is 1.77 bits per heavy atom. The molecule has 4 rings (SSSR count). The molecule has 4 unspecified atom stereocenters. The van der Waals surface area contributed by atoms with E-state index in [1.165, 1.54) is 26.4 Å². The highest BCUT2D eigenvalue weighted by Gasteiger charge is 2.48. The van der Waals surface area contributed by atoms with E-state index in [4.69, 9.17) is 4.74 Å². The molecule has 4 atom stereocenters. The molecule has 2 saturated carbocycles. The van der Waals surface area contributed by atoms with Gasteiger partial charge in [-0.2, -0.15) is 0 Å². The van der Waals surface area contributed by atoms with Crippen LogP contribution in [-0.4, -0.2) is 55.6 Å². The predicted molar refractivity (Wildman–Crippen MR) is 124 cm³/mol. The third-order valence-corrected chi connectivity index (χ3v) is 7.35. The molecule has 0 aromatic heterocycles. The molecule has 31 heavy (non-hydrogen) atoms. The van der Waals surface area contributed by atoms with Gasteiger partial charge < -0.3 is 15.4 Å². The van der Waals surface area contributed by atoms with Crippen LogP contribution < -0.4 is 10.6 Å². The van der Waals surface area contributed by atoms with E-state index in [-0.39, 0.29) is 31.3 Å². The van der Waals surface area contributed by atoms with E-state index in [1.807, 2.05) is 18.2 Å². The molecular weight excluding hydrogens is 390 g/mol. The van der Waals surface area contributed by atoms with Crippen LogP contribution in [-0.2, 0) is 14.3 Å². The van der Waals surface area contributed by atoms with Crippen LogP contribution >= 0.6 is 0 Å². The van der Waals surface area contributed by atoms with Gasteiger partial charge in [0.25, 0.3) is 0 Å². The summed E-state index contributed by atoms with van der Waals surface area (Å²) in [4.78, 5) is 27.4. The van der Waals surface area contributed by atoms with E-state index in [0.717, 1.165) is 44.5 Å². The van der Waals surface area contributed by atoms with E-state index in [1.54, 1.807) is 0 Å². The molecular formula is C25H39N3O3. The van der Waals surface area contributed by atoms with E-state index in [0.29, 0.717) is 24.4 Å². The Kier molecular flexibility index (Phi) is 8.35. The average molecular weight is 430 g/mol. The van der Waals surface area contributed by atoms with Crippen molar-refractivity contribution in [1.29, 1.82) is 0 Å². The smallest absolute Gasteiger partial charge is 0.310 e. The average Bonchev–Trinajstić information content (AvgIpc) is 3.13. The maximum absolute atomic E-state index is 12.9. The topological polar surface area (TPSA) is 70.7 Å². The Morgan fingerprint density at radius 1 is 1.06 bits per heavy atom. The lowest BCUT2D eigenvalue weighted by molar-refractivity contribution is -0.146. The number of piperidine rings is 1. The van der Waals surface area contributed by atoms with Gasteiger partial charge in [0.15, 0.2) is 0 Å². The number of benzene rings is 1. The molecule has 6 nitrogen and oxygen atoms in total. The SMILES string of the molecule is C.COC(=O)C1CC2CCCCC2C1NC(=O)CN1CCC(Nc2ccccc2)CC1. The Morgan fingerprint density at radius 3 is 2.48 bits per heavy atom. The number of amides is 1. The fraction of sp³-hybridized carbons (Fsp3) is 0.680. The summed E-state index contributed by atoms with van der Waals surface area (Å²) in [6, 6.07) is 10.7. The minimum absolute atomic E-state index is 0. The first-order valence-corrected chi connectivity index (χ1v) is 11.5. The Hall–Kier alpha value is -2.08. The number of likely N-dealkylation sites (tertiary alicyclic amines) is 1. The van der Waals surface area contributed by atoms with Gasteiger partial charge in [0.05, 0.1) is 19.6 Å². The lowest BCUT2D eigenvalue weighted by Crippen LogP contribution is -2.50. The first-order valence-electron chi connectivity index (χ1n) is 11.5. The highest BCUT2D eigenvalue weighted by molar-refractivity contribution is 5.80. The van der Waals surface area contributed by atoms with E-state index >= 15 is 0 Å². The number of fused-ring (bicyclic) bond motifs is 1. The summed E-state index contributed by atoms with van der Waals surface area (Å²) in [7, 11) is 1.46. The summed E-state index contributed by atoms with van der Waals surface area (Å²) < 4.78 is 5.06. The summed E-state index contributed by atoms with van der Waals surface area (Å²) in [6.45, 7) is 2.24. The molecule has 2 aliphatic carbocycles. The molecule has 1 aliphatic heterocycles. The summed E-state index contributed by atoms with van der Waals surface area (Å²) in [5.41, 5.74) is 1.16. The standard InChI is InChI=1S/C24H35N3O3.CH4/c1-30-24(29)21-15-17-7-5-6-10-20(17)23(21)26-22(28)16-27-13-11-19(12-14-27)25-18-8-3-2-4-9-18;/h2-4,8-9,17,19-21,23,25H,5-7,10-16H2,1H3,(H,26,28);1H4. The summed E-state index contributed by atoms with van der Waals surface area (Å²) in [5.74, 6) is 0.672. The molecule has 1 amide bonds. The molecule has 172 valence electrons. The Bertz CT molecular complexity index is 718. The molecule has 1 saturated heterocycles.